The Morgan fingerprint density at radius 3 is 2.89 bits per heavy atom. The van der Waals surface area contributed by atoms with Crippen LogP contribution in [0.5, 0.6) is 0 Å². The second-order valence-corrected chi connectivity index (χ2v) is 5.48. The molecule has 0 amide bonds. The van der Waals surface area contributed by atoms with Crippen LogP contribution in [0.4, 0.5) is 0 Å². The van der Waals surface area contributed by atoms with Gasteiger partial charge >= 0.3 is 0 Å². The van der Waals surface area contributed by atoms with Crippen molar-refractivity contribution < 1.29 is 0 Å². The Bertz CT molecular complexity index is 662. The number of aromatic nitrogens is 2. The minimum Gasteiger partial charge on any atom is -0.342 e. The number of rotatable bonds is 3. The van der Waals surface area contributed by atoms with E-state index >= 15 is 0 Å². The molecule has 0 fully saturated rings. The Morgan fingerprint density at radius 1 is 1.50 bits per heavy atom. The third-order valence-electron chi connectivity index (χ3n) is 2.65. The summed E-state index contributed by atoms with van der Waals surface area (Å²) in [5.74, 6) is 0.912. The van der Waals surface area contributed by atoms with E-state index in [0.717, 1.165) is 34.8 Å². The maximum Gasteiger partial charge on any atom is 0.133 e. The van der Waals surface area contributed by atoms with Crippen molar-refractivity contribution >= 4 is 23.6 Å². The summed E-state index contributed by atoms with van der Waals surface area (Å²) in [7, 11) is 0. The van der Waals surface area contributed by atoms with Crippen molar-refractivity contribution in [3.05, 3.63) is 33.0 Å². The van der Waals surface area contributed by atoms with Crippen LogP contribution in [0.15, 0.2) is 12.1 Å². The zero-order valence-electron chi connectivity index (χ0n) is 10.3. The van der Waals surface area contributed by atoms with Gasteiger partial charge in [-0.1, -0.05) is 19.1 Å². The first-order valence-corrected chi connectivity index (χ1v) is 6.98. The molecule has 2 aromatic rings. The van der Waals surface area contributed by atoms with Crippen molar-refractivity contribution in [1.82, 2.24) is 9.97 Å². The number of hydrogen-bond acceptors (Lipinski definition) is 4. The summed E-state index contributed by atoms with van der Waals surface area (Å²) >= 11 is 6.76. The van der Waals surface area contributed by atoms with Crippen LogP contribution >= 0.6 is 23.6 Å². The summed E-state index contributed by atoms with van der Waals surface area (Å²) in [6.45, 7) is 4.07. The molecule has 2 rings (SSSR count). The van der Waals surface area contributed by atoms with Gasteiger partial charge in [0.2, 0.25) is 0 Å². The SMILES string of the molecule is CCCc1nc(=S)c(C)c(-c2ccc(C#N)s2)[nH]1. The summed E-state index contributed by atoms with van der Waals surface area (Å²) in [5.41, 5.74) is 1.96. The number of thiophene rings is 1. The molecule has 0 saturated carbocycles. The van der Waals surface area contributed by atoms with Crippen molar-refractivity contribution in [2.45, 2.75) is 26.7 Å². The van der Waals surface area contributed by atoms with Crippen LogP contribution < -0.4 is 0 Å². The predicted molar refractivity (Wildman–Crippen MR) is 76.2 cm³/mol. The highest BCUT2D eigenvalue weighted by Gasteiger charge is 2.09. The lowest BCUT2D eigenvalue weighted by molar-refractivity contribution is 0.830. The van der Waals surface area contributed by atoms with Gasteiger partial charge in [0.1, 0.15) is 21.4 Å². The molecule has 0 radical (unpaired) electrons. The Hall–Kier alpha value is -1.51. The first-order chi connectivity index (χ1) is 8.65. The third-order valence-corrected chi connectivity index (χ3v) is 4.06. The van der Waals surface area contributed by atoms with E-state index in [9.17, 15) is 0 Å². The molecule has 0 unspecified atom stereocenters. The number of nitrogens with one attached hydrogen (secondary N) is 1. The number of nitriles is 1. The van der Waals surface area contributed by atoms with E-state index in [1.807, 2.05) is 19.1 Å². The van der Waals surface area contributed by atoms with Crippen molar-refractivity contribution in [2.24, 2.45) is 0 Å². The van der Waals surface area contributed by atoms with Gasteiger partial charge in [0.05, 0.1) is 10.6 Å². The first-order valence-electron chi connectivity index (χ1n) is 5.75. The van der Waals surface area contributed by atoms with Gasteiger partial charge < -0.3 is 4.98 Å². The number of H-pyrrole nitrogens is 1. The van der Waals surface area contributed by atoms with E-state index < -0.39 is 0 Å². The molecule has 0 atom stereocenters. The lowest BCUT2D eigenvalue weighted by Gasteiger charge is -2.07. The molecule has 0 aliphatic carbocycles. The number of aryl methyl sites for hydroxylation is 1. The standard InChI is InChI=1S/C13H13N3S2/c1-3-4-11-15-12(8(2)13(17)16-11)10-6-5-9(7-14)18-10/h5-6H,3-4H2,1-2H3,(H,15,16,17). The van der Waals surface area contributed by atoms with Crippen molar-refractivity contribution in [2.75, 3.05) is 0 Å². The monoisotopic (exact) mass is 275 g/mol. The van der Waals surface area contributed by atoms with Gasteiger partial charge in [-0.3, -0.25) is 0 Å². The average molecular weight is 275 g/mol. The molecule has 18 heavy (non-hydrogen) atoms. The predicted octanol–water partition coefficient (Wildman–Crippen LogP) is 4.00. The smallest absolute Gasteiger partial charge is 0.133 e. The van der Waals surface area contributed by atoms with Gasteiger partial charge in [-0.2, -0.15) is 5.26 Å². The van der Waals surface area contributed by atoms with Crippen LogP contribution in [-0.2, 0) is 6.42 Å². The van der Waals surface area contributed by atoms with E-state index in [4.69, 9.17) is 17.5 Å². The Labute approximate surface area is 115 Å². The molecule has 1 N–H and O–H groups in total. The molecule has 92 valence electrons. The quantitative estimate of drug-likeness (QED) is 0.861. The summed E-state index contributed by atoms with van der Waals surface area (Å²) < 4.78 is 0.638. The van der Waals surface area contributed by atoms with Gasteiger partial charge in [0, 0.05) is 12.0 Å². The van der Waals surface area contributed by atoms with E-state index in [1.165, 1.54) is 11.3 Å². The minimum atomic E-state index is 0.638. The molecule has 0 aliphatic heterocycles. The Morgan fingerprint density at radius 2 is 2.28 bits per heavy atom. The number of hydrogen-bond donors (Lipinski definition) is 1. The lowest BCUT2D eigenvalue weighted by atomic mass is 10.2. The highest BCUT2D eigenvalue weighted by Crippen LogP contribution is 2.29. The zero-order valence-corrected chi connectivity index (χ0v) is 11.9. The highest BCUT2D eigenvalue weighted by molar-refractivity contribution is 7.71. The molecule has 0 bridgehead atoms. The normalized spacial score (nSPS) is 10.3. The number of nitrogens with zero attached hydrogens (tertiary/aromatic N) is 2. The molecular formula is C13H13N3S2. The molecule has 0 aliphatic rings. The van der Waals surface area contributed by atoms with Gasteiger partial charge in [-0.15, -0.1) is 11.3 Å². The van der Waals surface area contributed by atoms with Gasteiger partial charge in [0.25, 0.3) is 0 Å². The topological polar surface area (TPSA) is 52.5 Å². The van der Waals surface area contributed by atoms with E-state index in [1.54, 1.807) is 0 Å². The van der Waals surface area contributed by atoms with Crippen LogP contribution in [0.3, 0.4) is 0 Å². The first kappa shape index (κ1) is 12.9. The molecular weight excluding hydrogens is 262 g/mol. The summed E-state index contributed by atoms with van der Waals surface area (Å²) in [6.07, 6.45) is 1.90. The van der Waals surface area contributed by atoms with E-state index in [2.05, 4.69) is 23.0 Å². The minimum absolute atomic E-state index is 0.638. The summed E-state index contributed by atoms with van der Waals surface area (Å²) in [4.78, 5) is 9.45. The fourth-order valence-corrected chi connectivity index (χ4v) is 2.79. The fourth-order valence-electron chi connectivity index (χ4n) is 1.71. The van der Waals surface area contributed by atoms with Crippen molar-refractivity contribution in [3.63, 3.8) is 0 Å². The molecule has 2 aromatic heterocycles. The second kappa shape index (κ2) is 5.42. The van der Waals surface area contributed by atoms with Crippen LogP contribution in [0.2, 0.25) is 0 Å². The molecule has 5 heteroatoms. The van der Waals surface area contributed by atoms with Crippen LogP contribution in [0, 0.1) is 22.9 Å². The van der Waals surface area contributed by atoms with Crippen molar-refractivity contribution in [1.29, 1.82) is 5.26 Å². The summed E-state index contributed by atoms with van der Waals surface area (Å²) in [6, 6.07) is 5.93. The van der Waals surface area contributed by atoms with Gasteiger partial charge in [-0.05, 0) is 25.5 Å². The molecule has 2 heterocycles. The fraction of sp³-hybridized carbons (Fsp3) is 0.308. The highest BCUT2D eigenvalue weighted by atomic mass is 32.1. The number of aromatic amines is 1. The van der Waals surface area contributed by atoms with Gasteiger partial charge in [0.15, 0.2) is 0 Å². The maximum atomic E-state index is 8.88. The molecule has 0 saturated heterocycles. The lowest BCUT2D eigenvalue weighted by Crippen LogP contribution is -1.99. The summed E-state index contributed by atoms with van der Waals surface area (Å²) in [5, 5.41) is 8.88. The third kappa shape index (κ3) is 2.50. The van der Waals surface area contributed by atoms with Crippen molar-refractivity contribution in [3.8, 4) is 16.6 Å². The van der Waals surface area contributed by atoms with Crippen LogP contribution in [-0.4, -0.2) is 9.97 Å². The molecule has 0 aromatic carbocycles. The van der Waals surface area contributed by atoms with Crippen LogP contribution in [0.25, 0.3) is 10.6 Å². The molecule has 0 spiro atoms. The molecule has 3 nitrogen and oxygen atoms in total. The zero-order chi connectivity index (χ0) is 13.1. The Kier molecular flexibility index (Phi) is 3.90. The van der Waals surface area contributed by atoms with E-state index in [-0.39, 0.29) is 0 Å². The van der Waals surface area contributed by atoms with E-state index in [0.29, 0.717) is 9.52 Å². The average Bonchev–Trinajstić information content (AvgIpc) is 2.82. The van der Waals surface area contributed by atoms with Crippen LogP contribution in [0.1, 0.15) is 29.6 Å². The maximum absolute atomic E-state index is 8.88. The van der Waals surface area contributed by atoms with Gasteiger partial charge in [-0.25, -0.2) is 4.98 Å². The second-order valence-electron chi connectivity index (χ2n) is 4.01. The Balaban J connectivity index is 2.55. The largest absolute Gasteiger partial charge is 0.342 e.